The molecule has 0 bridgehead atoms. The Labute approximate surface area is 123 Å². The average molecular weight is 338 g/mol. The quantitative estimate of drug-likeness (QED) is 0.740. The Bertz CT molecular complexity index is 711. The molecule has 1 N–H and O–H groups in total. The zero-order valence-corrected chi connectivity index (χ0v) is 12.2. The maximum atomic E-state index is 6.02. The van der Waals surface area contributed by atoms with Gasteiger partial charge in [-0.2, -0.15) is 9.61 Å². The summed E-state index contributed by atoms with van der Waals surface area (Å²) in [5.41, 5.74) is 1.89. The number of hydrogen-bond acceptors (Lipinski definition) is 3. The Kier molecular flexibility index (Phi) is 3.40. The first-order valence-corrected chi connectivity index (χ1v) is 6.89. The molecule has 0 radical (unpaired) electrons. The van der Waals surface area contributed by atoms with Crippen molar-refractivity contribution in [2.45, 2.75) is 6.54 Å². The Morgan fingerprint density at radius 1 is 1.26 bits per heavy atom. The predicted molar refractivity (Wildman–Crippen MR) is 79.5 cm³/mol. The fraction of sp³-hybridized carbons (Fsp3) is 0.0769. The van der Waals surface area contributed by atoms with Gasteiger partial charge in [0.15, 0.2) is 5.65 Å². The van der Waals surface area contributed by atoms with Crippen LogP contribution in [0.3, 0.4) is 0 Å². The van der Waals surface area contributed by atoms with Crippen molar-refractivity contribution < 1.29 is 0 Å². The van der Waals surface area contributed by atoms with Crippen molar-refractivity contribution in [2.75, 3.05) is 5.32 Å². The lowest BCUT2D eigenvalue weighted by Gasteiger charge is -2.08. The molecular formula is C13H10BrClN4. The molecule has 19 heavy (non-hydrogen) atoms. The highest BCUT2D eigenvalue weighted by molar-refractivity contribution is 9.10. The molecule has 3 rings (SSSR count). The summed E-state index contributed by atoms with van der Waals surface area (Å²) in [6, 6.07) is 11.9. The minimum atomic E-state index is 0.435. The Morgan fingerprint density at radius 2 is 2.05 bits per heavy atom. The molecule has 0 saturated heterocycles. The molecule has 0 atom stereocenters. The van der Waals surface area contributed by atoms with Gasteiger partial charge in [-0.1, -0.05) is 41.9 Å². The molecule has 0 spiro atoms. The molecule has 0 amide bonds. The van der Waals surface area contributed by atoms with Crippen LogP contribution in [0.1, 0.15) is 5.56 Å². The third-order valence-corrected chi connectivity index (χ3v) is 3.47. The lowest BCUT2D eigenvalue weighted by molar-refractivity contribution is 0.925. The summed E-state index contributed by atoms with van der Waals surface area (Å²) in [4.78, 5) is 4.23. The van der Waals surface area contributed by atoms with E-state index in [0.29, 0.717) is 17.3 Å². The first-order valence-electron chi connectivity index (χ1n) is 5.71. The maximum absolute atomic E-state index is 6.02. The van der Waals surface area contributed by atoms with Crippen LogP contribution >= 0.6 is 27.5 Å². The van der Waals surface area contributed by atoms with Gasteiger partial charge in [0, 0.05) is 12.6 Å². The topological polar surface area (TPSA) is 42.2 Å². The number of halogens is 2. The second-order valence-electron chi connectivity index (χ2n) is 4.03. The summed E-state index contributed by atoms with van der Waals surface area (Å²) in [5, 5.41) is 8.01. The maximum Gasteiger partial charge on any atom is 0.173 e. The van der Waals surface area contributed by atoms with Gasteiger partial charge >= 0.3 is 0 Å². The van der Waals surface area contributed by atoms with Crippen molar-refractivity contribution in [1.82, 2.24) is 14.6 Å². The summed E-state index contributed by atoms with van der Waals surface area (Å²) >= 11 is 9.42. The highest BCUT2D eigenvalue weighted by Crippen LogP contribution is 2.22. The van der Waals surface area contributed by atoms with Crippen LogP contribution in [-0.4, -0.2) is 14.6 Å². The number of aromatic nitrogens is 3. The summed E-state index contributed by atoms with van der Waals surface area (Å²) in [6.07, 6.45) is 1.70. The van der Waals surface area contributed by atoms with Crippen molar-refractivity contribution in [3.8, 4) is 0 Å². The monoisotopic (exact) mass is 336 g/mol. The summed E-state index contributed by atoms with van der Waals surface area (Å²) in [6.45, 7) is 0.702. The summed E-state index contributed by atoms with van der Waals surface area (Å²) in [5.74, 6) is 0.810. The van der Waals surface area contributed by atoms with Gasteiger partial charge in [0.05, 0.1) is 10.7 Å². The van der Waals surface area contributed by atoms with E-state index in [1.807, 2.05) is 18.2 Å². The average Bonchev–Trinajstić information content (AvgIpc) is 2.79. The predicted octanol–water partition coefficient (Wildman–Crippen LogP) is 3.76. The minimum absolute atomic E-state index is 0.435. The molecule has 96 valence electrons. The summed E-state index contributed by atoms with van der Waals surface area (Å²) in [7, 11) is 0. The first kappa shape index (κ1) is 12.4. The normalized spacial score (nSPS) is 10.8. The zero-order chi connectivity index (χ0) is 13.2. The second kappa shape index (κ2) is 5.19. The largest absolute Gasteiger partial charge is 0.366 e. The van der Waals surface area contributed by atoms with E-state index in [-0.39, 0.29) is 0 Å². The van der Waals surface area contributed by atoms with Crippen molar-refractivity contribution in [1.29, 1.82) is 0 Å². The summed E-state index contributed by atoms with van der Waals surface area (Å²) < 4.78 is 2.54. The van der Waals surface area contributed by atoms with E-state index in [1.54, 1.807) is 16.8 Å². The van der Waals surface area contributed by atoms with E-state index >= 15 is 0 Å². The van der Waals surface area contributed by atoms with Crippen LogP contribution in [0.2, 0.25) is 5.15 Å². The Hall–Kier alpha value is -1.59. The van der Waals surface area contributed by atoms with E-state index in [9.17, 15) is 0 Å². The van der Waals surface area contributed by atoms with Crippen LogP contribution in [0.25, 0.3) is 5.65 Å². The van der Waals surface area contributed by atoms with Crippen LogP contribution in [0.4, 0.5) is 5.82 Å². The van der Waals surface area contributed by atoms with Crippen molar-refractivity contribution in [2.24, 2.45) is 0 Å². The second-order valence-corrected chi connectivity index (χ2v) is 5.27. The van der Waals surface area contributed by atoms with Gasteiger partial charge in [0.1, 0.15) is 11.0 Å². The van der Waals surface area contributed by atoms with E-state index in [2.05, 4.69) is 43.5 Å². The van der Waals surface area contributed by atoms with Crippen molar-refractivity contribution in [3.63, 3.8) is 0 Å². The molecule has 0 aliphatic heterocycles. The van der Waals surface area contributed by atoms with Gasteiger partial charge in [-0.15, -0.1) is 0 Å². The van der Waals surface area contributed by atoms with Gasteiger partial charge in [0.2, 0.25) is 0 Å². The van der Waals surface area contributed by atoms with Crippen LogP contribution in [0.15, 0.2) is 47.1 Å². The molecule has 0 aliphatic rings. The highest BCUT2D eigenvalue weighted by Gasteiger charge is 2.08. The third-order valence-electron chi connectivity index (χ3n) is 2.71. The molecule has 1 aromatic carbocycles. The van der Waals surface area contributed by atoms with E-state index in [1.165, 1.54) is 5.56 Å². The molecule has 3 aromatic rings. The van der Waals surface area contributed by atoms with Crippen molar-refractivity contribution >= 4 is 39.0 Å². The number of nitrogens with zero attached hydrogens (tertiary/aromatic N) is 3. The van der Waals surface area contributed by atoms with E-state index < -0.39 is 0 Å². The molecule has 2 heterocycles. The molecule has 4 nitrogen and oxygen atoms in total. The Balaban J connectivity index is 1.92. The molecular weight excluding hydrogens is 328 g/mol. The Morgan fingerprint density at radius 3 is 2.84 bits per heavy atom. The lowest BCUT2D eigenvalue weighted by atomic mass is 10.2. The molecule has 0 unspecified atom stereocenters. The number of hydrogen-bond donors (Lipinski definition) is 1. The molecule has 0 aliphatic carbocycles. The van der Waals surface area contributed by atoms with E-state index in [0.717, 1.165) is 10.3 Å². The standard InChI is InChI=1S/C13H10BrClN4/c14-10-8-17-19-12(6-11(15)18-13(10)19)16-7-9-4-2-1-3-5-9/h1-6,8,16H,7H2. The van der Waals surface area contributed by atoms with Gasteiger partial charge in [-0.3, -0.25) is 0 Å². The number of anilines is 1. The fourth-order valence-corrected chi connectivity index (χ4v) is 2.35. The first-order chi connectivity index (χ1) is 9.24. The van der Waals surface area contributed by atoms with E-state index in [4.69, 9.17) is 11.6 Å². The van der Waals surface area contributed by atoms with Gasteiger partial charge in [0.25, 0.3) is 0 Å². The smallest absolute Gasteiger partial charge is 0.173 e. The number of benzene rings is 1. The highest BCUT2D eigenvalue weighted by atomic mass is 79.9. The number of rotatable bonds is 3. The van der Waals surface area contributed by atoms with Crippen LogP contribution in [0, 0.1) is 0 Å². The SMILES string of the molecule is Clc1cc(NCc2ccccc2)n2ncc(Br)c2n1. The number of fused-ring (bicyclic) bond motifs is 1. The molecule has 2 aromatic heterocycles. The fourth-order valence-electron chi connectivity index (χ4n) is 1.82. The molecule has 0 saturated carbocycles. The van der Waals surface area contributed by atoms with Crippen molar-refractivity contribution in [3.05, 3.63) is 57.8 Å². The zero-order valence-electron chi connectivity index (χ0n) is 9.85. The third kappa shape index (κ3) is 2.57. The van der Waals surface area contributed by atoms with Gasteiger partial charge in [-0.25, -0.2) is 4.98 Å². The minimum Gasteiger partial charge on any atom is -0.366 e. The van der Waals surface area contributed by atoms with Crippen LogP contribution < -0.4 is 5.32 Å². The number of nitrogens with one attached hydrogen (secondary N) is 1. The lowest BCUT2D eigenvalue weighted by Crippen LogP contribution is -2.06. The van der Waals surface area contributed by atoms with Crippen LogP contribution in [-0.2, 0) is 6.54 Å². The van der Waals surface area contributed by atoms with Gasteiger partial charge in [-0.05, 0) is 21.5 Å². The molecule has 0 fully saturated rings. The molecule has 6 heteroatoms. The van der Waals surface area contributed by atoms with Gasteiger partial charge < -0.3 is 5.32 Å². The van der Waals surface area contributed by atoms with Crippen LogP contribution in [0.5, 0.6) is 0 Å².